The topological polar surface area (TPSA) is 217 Å². The van der Waals surface area contributed by atoms with E-state index in [1.807, 2.05) is 0 Å². The molecule has 0 aliphatic carbocycles. The van der Waals surface area contributed by atoms with E-state index in [1.165, 1.54) is 13.8 Å². The van der Waals surface area contributed by atoms with E-state index in [9.17, 15) is 34.5 Å². The zero-order valence-electron chi connectivity index (χ0n) is 18.5. The van der Waals surface area contributed by atoms with E-state index in [2.05, 4.69) is 16.0 Å². The van der Waals surface area contributed by atoms with Crippen LogP contribution in [-0.4, -0.2) is 81.9 Å². The van der Waals surface area contributed by atoms with E-state index in [1.54, 1.807) is 13.8 Å². The van der Waals surface area contributed by atoms with Gasteiger partial charge < -0.3 is 42.7 Å². The quantitative estimate of drug-likeness (QED) is 0.131. The van der Waals surface area contributed by atoms with Gasteiger partial charge in [-0.15, -0.1) is 0 Å². The van der Waals surface area contributed by atoms with E-state index >= 15 is 0 Å². The highest BCUT2D eigenvalue weighted by atomic mass is 16.4. The monoisotopic (exact) mass is 447 g/mol. The Morgan fingerprint density at radius 2 is 1.35 bits per heavy atom. The van der Waals surface area contributed by atoms with Crippen molar-refractivity contribution in [2.75, 3.05) is 6.54 Å². The highest BCUT2D eigenvalue weighted by molar-refractivity contribution is 5.94. The Labute approximate surface area is 182 Å². The smallest absolute Gasteiger partial charge is 0.326 e. The van der Waals surface area contributed by atoms with Crippen molar-refractivity contribution in [3.8, 4) is 0 Å². The van der Waals surface area contributed by atoms with Gasteiger partial charge in [0.05, 0.1) is 12.2 Å². The number of aliphatic hydroxyl groups is 2. The third-order valence-electron chi connectivity index (χ3n) is 4.70. The molecule has 6 atom stereocenters. The molecule has 0 radical (unpaired) electrons. The maximum Gasteiger partial charge on any atom is 0.326 e. The number of carboxylic acid groups (broad SMARTS) is 1. The molecule has 0 saturated heterocycles. The number of aliphatic hydroxyl groups excluding tert-OH is 2. The number of carbonyl (C=O) groups is 4. The molecule has 3 amide bonds. The molecule has 10 N–H and O–H groups in total. The van der Waals surface area contributed by atoms with E-state index < -0.39 is 66.0 Å². The molecule has 0 saturated carbocycles. The number of hydrogen-bond donors (Lipinski definition) is 8. The van der Waals surface area contributed by atoms with Gasteiger partial charge in [-0.3, -0.25) is 14.4 Å². The minimum absolute atomic E-state index is 0.180. The van der Waals surface area contributed by atoms with E-state index in [4.69, 9.17) is 11.5 Å². The van der Waals surface area contributed by atoms with Crippen molar-refractivity contribution in [3.63, 3.8) is 0 Å². The van der Waals surface area contributed by atoms with Gasteiger partial charge in [-0.05, 0) is 45.6 Å². The summed E-state index contributed by atoms with van der Waals surface area (Å²) in [6.45, 7) is 6.17. The van der Waals surface area contributed by atoms with Gasteiger partial charge in [0.1, 0.15) is 24.2 Å². The van der Waals surface area contributed by atoms with Crippen LogP contribution in [0.4, 0.5) is 0 Å². The third kappa shape index (κ3) is 10.0. The maximum atomic E-state index is 12.8. The van der Waals surface area contributed by atoms with Gasteiger partial charge in [0.25, 0.3) is 0 Å². The van der Waals surface area contributed by atoms with Gasteiger partial charge in [-0.2, -0.15) is 0 Å². The standard InChI is InChI=1S/C19H37N5O7/c1-9(2)14(19(30)31)23-18(29)15(11(4)26)24-16(27)12(7-5-6-8-20)22-17(28)13(21)10(3)25/h9-15,25-26H,5-8,20-21H2,1-4H3,(H,22,28)(H,23,29)(H,24,27)(H,30,31). The molecule has 0 aliphatic heterocycles. The van der Waals surface area contributed by atoms with Gasteiger partial charge in [0.15, 0.2) is 0 Å². The average Bonchev–Trinajstić information content (AvgIpc) is 2.67. The second-order valence-electron chi connectivity index (χ2n) is 7.91. The fourth-order valence-electron chi connectivity index (χ4n) is 2.66. The van der Waals surface area contributed by atoms with Crippen molar-refractivity contribution < 1.29 is 34.5 Å². The maximum absolute atomic E-state index is 12.8. The van der Waals surface area contributed by atoms with Gasteiger partial charge in [-0.25, -0.2) is 4.79 Å². The number of carboxylic acids is 1. The van der Waals surface area contributed by atoms with Crippen LogP contribution in [0.1, 0.15) is 47.0 Å². The van der Waals surface area contributed by atoms with Crippen LogP contribution in [0.2, 0.25) is 0 Å². The molecule has 0 aromatic carbocycles. The fourth-order valence-corrected chi connectivity index (χ4v) is 2.66. The summed E-state index contributed by atoms with van der Waals surface area (Å²) in [5.74, 6) is -4.08. The second-order valence-corrected chi connectivity index (χ2v) is 7.91. The van der Waals surface area contributed by atoms with Crippen LogP contribution in [0, 0.1) is 5.92 Å². The van der Waals surface area contributed by atoms with E-state index in [0.29, 0.717) is 19.4 Å². The molecule has 0 heterocycles. The SMILES string of the molecule is CC(C)C(NC(=O)C(NC(=O)C(CCCCN)NC(=O)C(N)C(C)O)C(C)O)C(=O)O. The Morgan fingerprint density at radius 3 is 1.77 bits per heavy atom. The predicted octanol–water partition coefficient (Wildman–Crippen LogP) is -2.60. The molecular weight excluding hydrogens is 410 g/mol. The van der Waals surface area contributed by atoms with Crippen molar-refractivity contribution in [1.29, 1.82) is 0 Å². The Morgan fingerprint density at radius 1 is 0.806 bits per heavy atom. The van der Waals surface area contributed by atoms with Crippen molar-refractivity contribution >= 4 is 23.7 Å². The first-order valence-electron chi connectivity index (χ1n) is 10.3. The van der Waals surface area contributed by atoms with Crippen LogP contribution in [0.5, 0.6) is 0 Å². The lowest BCUT2D eigenvalue weighted by Crippen LogP contribution is -2.60. The van der Waals surface area contributed by atoms with Gasteiger partial charge in [0, 0.05) is 0 Å². The zero-order chi connectivity index (χ0) is 24.3. The summed E-state index contributed by atoms with van der Waals surface area (Å²) >= 11 is 0. The van der Waals surface area contributed by atoms with E-state index in [-0.39, 0.29) is 6.42 Å². The van der Waals surface area contributed by atoms with E-state index in [0.717, 1.165) is 0 Å². The minimum atomic E-state index is -1.45. The fraction of sp³-hybridized carbons (Fsp3) is 0.789. The van der Waals surface area contributed by atoms with Crippen molar-refractivity contribution in [2.24, 2.45) is 17.4 Å². The van der Waals surface area contributed by atoms with Gasteiger partial charge in [0.2, 0.25) is 17.7 Å². The Balaban J connectivity index is 5.42. The molecule has 0 rings (SSSR count). The number of aliphatic carboxylic acids is 1. The van der Waals surface area contributed by atoms with Crippen molar-refractivity contribution in [2.45, 2.75) is 83.3 Å². The number of nitrogens with one attached hydrogen (secondary N) is 3. The Bertz CT molecular complexity index is 612. The molecule has 12 nitrogen and oxygen atoms in total. The predicted molar refractivity (Wildman–Crippen MR) is 113 cm³/mol. The zero-order valence-corrected chi connectivity index (χ0v) is 18.5. The highest BCUT2D eigenvalue weighted by Crippen LogP contribution is 2.06. The number of rotatable bonds is 14. The lowest BCUT2D eigenvalue weighted by molar-refractivity contribution is -0.144. The lowest BCUT2D eigenvalue weighted by Gasteiger charge is -2.27. The normalized spacial score (nSPS) is 17.1. The van der Waals surface area contributed by atoms with Crippen molar-refractivity contribution in [3.05, 3.63) is 0 Å². The van der Waals surface area contributed by atoms with Crippen LogP contribution in [-0.2, 0) is 19.2 Å². The summed E-state index contributed by atoms with van der Waals surface area (Å²) in [4.78, 5) is 48.8. The number of hydrogen-bond acceptors (Lipinski definition) is 8. The average molecular weight is 448 g/mol. The van der Waals surface area contributed by atoms with Crippen LogP contribution in [0.3, 0.4) is 0 Å². The highest BCUT2D eigenvalue weighted by Gasteiger charge is 2.33. The van der Waals surface area contributed by atoms with Crippen LogP contribution in [0.15, 0.2) is 0 Å². The summed E-state index contributed by atoms with van der Waals surface area (Å²) in [6.07, 6.45) is -1.24. The minimum Gasteiger partial charge on any atom is -0.480 e. The van der Waals surface area contributed by atoms with Crippen LogP contribution < -0.4 is 27.4 Å². The molecule has 0 aromatic rings. The Kier molecular flexibility index (Phi) is 12.9. The third-order valence-corrected chi connectivity index (χ3v) is 4.70. The molecule has 31 heavy (non-hydrogen) atoms. The molecule has 0 fully saturated rings. The van der Waals surface area contributed by atoms with Crippen LogP contribution >= 0.6 is 0 Å². The summed E-state index contributed by atoms with van der Waals surface area (Å²) in [7, 11) is 0. The first-order valence-corrected chi connectivity index (χ1v) is 10.3. The summed E-state index contributed by atoms with van der Waals surface area (Å²) in [5.41, 5.74) is 11.1. The number of amides is 3. The number of unbranched alkanes of at least 4 members (excludes halogenated alkanes) is 1. The second kappa shape index (κ2) is 13.9. The lowest BCUT2D eigenvalue weighted by atomic mass is 10.0. The molecule has 0 bridgehead atoms. The summed E-state index contributed by atoms with van der Waals surface area (Å²) in [6, 6.07) is -5.02. The largest absolute Gasteiger partial charge is 0.480 e. The Hall–Kier alpha value is -2.28. The molecule has 0 spiro atoms. The molecule has 0 aliphatic rings. The van der Waals surface area contributed by atoms with Crippen LogP contribution in [0.25, 0.3) is 0 Å². The number of carbonyl (C=O) groups excluding carboxylic acids is 3. The molecule has 6 unspecified atom stereocenters. The first-order chi connectivity index (χ1) is 14.3. The van der Waals surface area contributed by atoms with Crippen molar-refractivity contribution in [1.82, 2.24) is 16.0 Å². The van der Waals surface area contributed by atoms with Gasteiger partial charge >= 0.3 is 5.97 Å². The summed E-state index contributed by atoms with van der Waals surface area (Å²) in [5, 5.41) is 35.8. The summed E-state index contributed by atoms with van der Waals surface area (Å²) < 4.78 is 0. The molecule has 12 heteroatoms. The molecule has 180 valence electrons. The van der Waals surface area contributed by atoms with Gasteiger partial charge in [-0.1, -0.05) is 13.8 Å². The first kappa shape index (κ1) is 28.7. The molecular formula is C19H37N5O7. The molecule has 0 aromatic heterocycles. The number of nitrogens with two attached hydrogens (primary N) is 2.